The van der Waals surface area contributed by atoms with Crippen LogP contribution in [0.4, 0.5) is 0 Å². The average Bonchev–Trinajstić information content (AvgIpc) is 2.77. The van der Waals surface area contributed by atoms with Crippen LogP contribution in [0.2, 0.25) is 5.02 Å². The standard InChI is InChI=1S/C16H21ClN2OS/c1-5-18-14(9-16-19-10(2)11(3)21-16)13-7-6-12(17)8-15(13)20-4/h6-8,14,18H,5,9H2,1-4H3. The Kier molecular flexibility index (Phi) is 5.62. The lowest BCUT2D eigenvalue weighted by Crippen LogP contribution is -2.23. The molecule has 0 spiro atoms. The van der Waals surface area contributed by atoms with Gasteiger partial charge in [0.05, 0.1) is 17.8 Å². The van der Waals surface area contributed by atoms with Gasteiger partial charge in [0, 0.05) is 27.9 Å². The van der Waals surface area contributed by atoms with Crippen LogP contribution < -0.4 is 10.1 Å². The molecule has 1 heterocycles. The molecule has 0 fully saturated rings. The van der Waals surface area contributed by atoms with Crippen LogP contribution in [0.15, 0.2) is 18.2 Å². The average molecular weight is 325 g/mol. The lowest BCUT2D eigenvalue weighted by Gasteiger charge is -2.20. The normalized spacial score (nSPS) is 12.4. The number of methoxy groups -OCH3 is 1. The van der Waals surface area contributed by atoms with Crippen molar-refractivity contribution in [3.05, 3.63) is 44.4 Å². The topological polar surface area (TPSA) is 34.2 Å². The zero-order chi connectivity index (χ0) is 15.4. The third-order valence-corrected chi connectivity index (χ3v) is 4.80. The van der Waals surface area contributed by atoms with Crippen molar-refractivity contribution in [2.24, 2.45) is 0 Å². The Balaban J connectivity index is 2.30. The van der Waals surface area contributed by atoms with E-state index in [0.717, 1.165) is 35.0 Å². The predicted octanol–water partition coefficient (Wildman–Crippen LogP) is 4.32. The second-order valence-corrected chi connectivity index (χ2v) is 6.67. The molecule has 1 unspecified atom stereocenters. The summed E-state index contributed by atoms with van der Waals surface area (Å²) in [6, 6.07) is 5.97. The molecule has 114 valence electrons. The number of rotatable bonds is 6. The first-order valence-corrected chi connectivity index (χ1v) is 8.24. The van der Waals surface area contributed by atoms with E-state index in [1.54, 1.807) is 18.4 Å². The van der Waals surface area contributed by atoms with Gasteiger partial charge in [-0.05, 0) is 32.5 Å². The fraction of sp³-hybridized carbons (Fsp3) is 0.438. The molecule has 0 aliphatic heterocycles. The highest BCUT2D eigenvalue weighted by Gasteiger charge is 2.18. The van der Waals surface area contributed by atoms with Crippen LogP contribution in [0, 0.1) is 13.8 Å². The molecular weight excluding hydrogens is 304 g/mol. The molecule has 3 nitrogen and oxygen atoms in total. The molecule has 0 saturated heterocycles. The fourth-order valence-electron chi connectivity index (χ4n) is 2.31. The van der Waals surface area contributed by atoms with Crippen LogP contribution in [0.1, 0.15) is 34.1 Å². The fourth-order valence-corrected chi connectivity index (χ4v) is 3.45. The molecule has 0 saturated carbocycles. The predicted molar refractivity (Wildman–Crippen MR) is 89.7 cm³/mol. The van der Waals surface area contributed by atoms with E-state index in [1.807, 2.05) is 18.2 Å². The molecule has 0 bridgehead atoms. The van der Waals surface area contributed by atoms with E-state index in [1.165, 1.54) is 4.88 Å². The van der Waals surface area contributed by atoms with E-state index in [2.05, 4.69) is 31.1 Å². The maximum atomic E-state index is 6.05. The van der Waals surface area contributed by atoms with Crippen molar-refractivity contribution in [2.45, 2.75) is 33.2 Å². The summed E-state index contributed by atoms with van der Waals surface area (Å²) in [7, 11) is 1.68. The minimum absolute atomic E-state index is 0.173. The molecular formula is C16H21ClN2OS. The molecule has 0 amide bonds. The molecule has 1 N–H and O–H groups in total. The van der Waals surface area contributed by atoms with Crippen molar-refractivity contribution in [1.29, 1.82) is 0 Å². The summed E-state index contributed by atoms with van der Waals surface area (Å²) >= 11 is 7.81. The number of nitrogens with one attached hydrogen (secondary N) is 1. The quantitative estimate of drug-likeness (QED) is 0.859. The van der Waals surface area contributed by atoms with Crippen LogP contribution >= 0.6 is 22.9 Å². The van der Waals surface area contributed by atoms with Gasteiger partial charge in [0.25, 0.3) is 0 Å². The van der Waals surface area contributed by atoms with Crippen molar-refractivity contribution in [3.8, 4) is 5.75 Å². The Bertz CT molecular complexity index is 593. The highest BCUT2D eigenvalue weighted by atomic mass is 35.5. The lowest BCUT2D eigenvalue weighted by molar-refractivity contribution is 0.399. The summed E-state index contributed by atoms with van der Waals surface area (Å²) in [6.07, 6.45) is 0.852. The van der Waals surface area contributed by atoms with Gasteiger partial charge in [-0.25, -0.2) is 4.98 Å². The smallest absolute Gasteiger partial charge is 0.125 e. The van der Waals surface area contributed by atoms with Gasteiger partial charge in [0.1, 0.15) is 5.75 Å². The molecule has 2 aromatic rings. The number of aromatic nitrogens is 1. The van der Waals surface area contributed by atoms with Crippen molar-refractivity contribution in [1.82, 2.24) is 10.3 Å². The van der Waals surface area contributed by atoms with E-state index in [4.69, 9.17) is 16.3 Å². The third-order valence-electron chi connectivity index (χ3n) is 3.47. The maximum Gasteiger partial charge on any atom is 0.125 e. The first-order chi connectivity index (χ1) is 10.0. The van der Waals surface area contributed by atoms with Gasteiger partial charge in [-0.3, -0.25) is 0 Å². The summed E-state index contributed by atoms with van der Waals surface area (Å²) in [4.78, 5) is 5.92. The summed E-state index contributed by atoms with van der Waals surface area (Å²) in [5, 5.41) is 5.35. The maximum absolute atomic E-state index is 6.05. The summed E-state index contributed by atoms with van der Waals surface area (Å²) < 4.78 is 5.48. The number of hydrogen-bond donors (Lipinski definition) is 1. The SMILES string of the molecule is CCNC(Cc1nc(C)c(C)s1)c1ccc(Cl)cc1OC. The monoisotopic (exact) mass is 324 g/mol. The van der Waals surface area contributed by atoms with E-state index in [0.29, 0.717) is 5.02 Å². The number of thiazole rings is 1. The number of hydrogen-bond acceptors (Lipinski definition) is 4. The Morgan fingerprint density at radius 3 is 2.71 bits per heavy atom. The molecule has 1 atom stereocenters. The van der Waals surface area contributed by atoms with E-state index < -0.39 is 0 Å². The minimum atomic E-state index is 0.173. The minimum Gasteiger partial charge on any atom is -0.496 e. The van der Waals surface area contributed by atoms with E-state index >= 15 is 0 Å². The number of likely N-dealkylation sites (N-methyl/N-ethyl adjacent to an activating group) is 1. The Morgan fingerprint density at radius 2 is 2.14 bits per heavy atom. The number of nitrogens with zero attached hydrogens (tertiary/aromatic N) is 1. The van der Waals surface area contributed by atoms with Gasteiger partial charge in [-0.15, -0.1) is 11.3 Å². The van der Waals surface area contributed by atoms with Gasteiger partial charge < -0.3 is 10.1 Å². The highest BCUT2D eigenvalue weighted by Crippen LogP contribution is 2.31. The molecule has 1 aromatic carbocycles. The Hall–Kier alpha value is -1.10. The molecule has 1 aromatic heterocycles. The van der Waals surface area contributed by atoms with Crippen molar-refractivity contribution < 1.29 is 4.74 Å². The number of halogens is 1. The van der Waals surface area contributed by atoms with Gasteiger partial charge in [0.15, 0.2) is 0 Å². The number of ether oxygens (including phenoxy) is 1. The van der Waals surface area contributed by atoms with E-state index in [9.17, 15) is 0 Å². The van der Waals surface area contributed by atoms with Gasteiger partial charge >= 0.3 is 0 Å². The second kappa shape index (κ2) is 7.25. The highest BCUT2D eigenvalue weighted by molar-refractivity contribution is 7.11. The number of aryl methyl sites for hydroxylation is 2. The van der Waals surface area contributed by atoms with Gasteiger partial charge in [-0.2, -0.15) is 0 Å². The van der Waals surface area contributed by atoms with Gasteiger partial charge in [0.2, 0.25) is 0 Å². The molecule has 21 heavy (non-hydrogen) atoms. The van der Waals surface area contributed by atoms with Crippen LogP contribution in [-0.2, 0) is 6.42 Å². The van der Waals surface area contributed by atoms with E-state index in [-0.39, 0.29) is 6.04 Å². The first-order valence-electron chi connectivity index (χ1n) is 7.04. The zero-order valence-corrected chi connectivity index (χ0v) is 14.4. The summed E-state index contributed by atoms with van der Waals surface area (Å²) in [5.41, 5.74) is 2.24. The van der Waals surface area contributed by atoms with Crippen molar-refractivity contribution >= 4 is 22.9 Å². The largest absolute Gasteiger partial charge is 0.496 e. The molecule has 0 aliphatic carbocycles. The van der Waals surface area contributed by atoms with Crippen LogP contribution in [0.5, 0.6) is 5.75 Å². The molecule has 0 radical (unpaired) electrons. The number of benzene rings is 1. The van der Waals surface area contributed by atoms with Crippen LogP contribution in [0.25, 0.3) is 0 Å². The first kappa shape index (κ1) is 16.3. The zero-order valence-electron chi connectivity index (χ0n) is 12.9. The van der Waals surface area contributed by atoms with Crippen LogP contribution in [0.3, 0.4) is 0 Å². The molecule has 0 aliphatic rings. The van der Waals surface area contributed by atoms with Crippen LogP contribution in [-0.4, -0.2) is 18.6 Å². The third kappa shape index (κ3) is 3.96. The summed E-state index contributed by atoms with van der Waals surface area (Å²) in [6.45, 7) is 7.16. The summed E-state index contributed by atoms with van der Waals surface area (Å²) in [5.74, 6) is 0.818. The Labute approximate surface area is 135 Å². The van der Waals surface area contributed by atoms with Gasteiger partial charge in [-0.1, -0.05) is 24.6 Å². The molecule has 2 rings (SSSR count). The molecule has 5 heteroatoms. The lowest BCUT2D eigenvalue weighted by atomic mass is 10.0. The second-order valence-electron chi connectivity index (χ2n) is 4.95. The van der Waals surface area contributed by atoms with Crippen molar-refractivity contribution in [3.63, 3.8) is 0 Å². The Morgan fingerprint density at radius 1 is 1.38 bits per heavy atom. The van der Waals surface area contributed by atoms with Crippen molar-refractivity contribution in [2.75, 3.05) is 13.7 Å².